The molecule has 2 rings (SSSR count). The van der Waals surface area contributed by atoms with E-state index in [-0.39, 0.29) is 17.3 Å². The van der Waals surface area contributed by atoms with Crippen molar-refractivity contribution in [3.05, 3.63) is 29.8 Å². The van der Waals surface area contributed by atoms with Crippen molar-refractivity contribution in [1.29, 1.82) is 0 Å². The topological polar surface area (TPSA) is 75.3 Å². The van der Waals surface area contributed by atoms with Crippen LogP contribution in [0.15, 0.2) is 29.2 Å². The average molecular weight is 324 g/mol. The van der Waals surface area contributed by atoms with E-state index in [0.717, 1.165) is 5.56 Å². The Morgan fingerprint density at radius 1 is 1.23 bits per heavy atom. The highest BCUT2D eigenvalue weighted by atomic mass is 32.2. The number of nitrogens with one attached hydrogen (secondary N) is 2. The van der Waals surface area contributed by atoms with Crippen molar-refractivity contribution in [1.82, 2.24) is 10.0 Å². The van der Waals surface area contributed by atoms with Gasteiger partial charge in [0.15, 0.2) is 0 Å². The Morgan fingerprint density at radius 3 is 2.45 bits per heavy atom. The van der Waals surface area contributed by atoms with Gasteiger partial charge in [0.1, 0.15) is 0 Å². The van der Waals surface area contributed by atoms with Crippen LogP contribution < -0.4 is 10.0 Å². The summed E-state index contributed by atoms with van der Waals surface area (Å²) in [7, 11) is -3.50. The minimum atomic E-state index is -3.50. The van der Waals surface area contributed by atoms with Crippen LogP contribution in [-0.2, 0) is 14.8 Å². The molecule has 0 bridgehead atoms. The Hall–Kier alpha value is -1.40. The number of benzene rings is 1. The molecule has 1 amide bonds. The third kappa shape index (κ3) is 5.10. The van der Waals surface area contributed by atoms with Gasteiger partial charge in [-0.1, -0.05) is 24.6 Å². The van der Waals surface area contributed by atoms with Gasteiger partial charge in [-0.2, -0.15) is 0 Å². The van der Waals surface area contributed by atoms with Gasteiger partial charge in [-0.25, -0.2) is 13.1 Å². The van der Waals surface area contributed by atoms with E-state index in [1.807, 2.05) is 6.92 Å². The van der Waals surface area contributed by atoms with Crippen LogP contribution in [0.1, 0.15) is 31.7 Å². The second kappa shape index (κ2) is 7.24. The van der Waals surface area contributed by atoms with Gasteiger partial charge >= 0.3 is 0 Å². The molecule has 1 aliphatic carbocycles. The van der Waals surface area contributed by atoms with E-state index in [9.17, 15) is 13.2 Å². The standard InChI is InChI=1S/C16H24N2O3S/c1-12-3-7-15(8-4-12)22(20,21)18-10-9-17-16(19)11-13(2)14-5-6-14/h3-4,7-8,13-14,18H,5-6,9-11H2,1-2H3,(H,17,19)/t13-/m0/s1. The molecule has 0 saturated heterocycles. The molecule has 0 unspecified atom stereocenters. The second-order valence-electron chi connectivity index (χ2n) is 6.08. The van der Waals surface area contributed by atoms with Gasteiger partial charge in [-0.05, 0) is 43.7 Å². The lowest BCUT2D eigenvalue weighted by molar-refractivity contribution is -0.122. The SMILES string of the molecule is Cc1ccc(S(=O)(=O)NCCNC(=O)C[C@H](C)C2CC2)cc1. The van der Waals surface area contributed by atoms with Gasteiger partial charge in [-0.3, -0.25) is 4.79 Å². The molecule has 122 valence electrons. The van der Waals surface area contributed by atoms with E-state index in [2.05, 4.69) is 17.0 Å². The summed E-state index contributed by atoms with van der Waals surface area (Å²) in [6.07, 6.45) is 2.98. The van der Waals surface area contributed by atoms with Crippen LogP contribution in [-0.4, -0.2) is 27.4 Å². The van der Waals surface area contributed by atoms with Gasteiger partial charge < -0.3 is 5.32 Å². The van der Waals surface area contributed by atoms with Crippen LogP contribution in [0.5, 0.6) is 0 Å². The van der Waals surface area contributed by atoms with Crippen molar-refractivity contribution in [2.75, 3.05) is 13.1 Å². The van der Waals surface area contributed by atoms with Crippen LogP contribution in [0.4, 0.5) is 0 Å². The summed E-state index contributed by atoms with van der Waals surface area (Å²) in [5.74, 6) is 1.11. The summed E-state index contributed by atoms with van der Waals surface area (Å²) < 4.78 is 26.6. The maximum Gasteiger partial charge on any atom is 0.240 e. The van der Waals surface area contributed by atoms with Crippen LogP contribution >= 0.6 is 0 Å². The Balaban J connectivity index is 1.71. The van der Waals surface area contributed by atoms with E-state index in [1.54, 1.807) is 24.3 Å². The molecule has 6 heteroatoms. The molecule has 0 spiro atoms. The molecule has 0 radical (unpaired) electrons. The lowest BCUT2D eigenvalue weighted by Gasteiger charge is -2.11. The predicted octanol–water partition coefficient (Wildman–Crippen LogP) is 1.83. The number of amides is 1. The first-order chi connectivity index (χ1) is 10.4. The largest absolute Gasteiger partial charge is 0.355 e. The summed E-state index contributed by atoms with van der Waals surface area (Å²) in [4.78, 5) is 12.0. The molecule has 2 N–H and O–H groups in total. The Labute approximate surface area is 132 Å². The average Bonchev–Trinajstić information content (AvgIpc) is 3.28. The zero-order valence-electron chi connectivity index (χ0n) is 13.1. The monoisotopic (exact) mass is 324 g/mol. The lowest BCUT2D eigenvalue weighted by atomic mass is 10.0. The summed E-state index contributed by atoms with van der Waals surface area (Å²) in [6, 6.07) is 6.67. The molecule has 1 atom stereocenters. The van der Waals surface area contributed by atoms with Gasteiger partial charge in [0.2, 0.25) is 15.9 Å². The summed E-state index contributed by atoms with van der Waals surface area (Å²) in [5, 5.41) is 2.76. The van der Waals surface area contributed by atoms with Gasteiger partial charge in [0, 0.05) is 19.5 Å². The van der Waals surface area contributed by atoms with Crippen molar-refractivity contribution < 1.29 is 13.2 Å². The third-order valence-electron chi connectivity index (χ3n) is 4.00. The summed E-state index contributed by atoms with van der Waals surface area (Å²) >= 11 is 0. The first kappa shape index (κ1) is 17.0. The number of hydrogen-bond donors (Lipinski definition) is 2. The van der Waals surface area contributed by atoms with Crippen LogP contribution in [0, 0.1) is 18.8 Å². The summed E-state index contributed by atoms with van der Waals surface area (Å²) in [6.45, 7) is 4.50. The number of aryl methyl sites for hydroxylation is 1. The maximum atomic E-state index is 12.0. The van der Waals surface area contributed by atoms with E-state index in [4.69, 9.17) is 0 Å². The molecule has 0 aliphatic heterocycles. The highest BCUT2D eigenvalue weighted by Gasteiger charge is 2.29. The van der Waals surface area contributed by atoms with Crippen LogP contribution in [0.3, 0.4) is 0 Å². The minimum Gasteiger partial charge on any atom is -0.355 e. The molecule has 1 aliphatic rings. The normalized spacial score (nSPS) is 16.3. The molecular weight excluding hydrogens is 300 g/mol. The molecule has 1 saturated carbocycles. The van der Waals surface area contributed by atoms with Gasteiger partial charge in [0.05, 0.1) is 4.90 Å². The van der Waals surface area contributed by atoms with E-state index in [0.29, 0.717) is 24.8 Å². The fourth-order valence-electron chi connectivity index (χ4n) is 2.38. The van der Waals surface area contributed by atoms with Crippen molar-refractivity contribution in [2.24, 2.45) is 11.8 Å². The molecule has 0 heterocycles. The number of carbonyl (C=O) groups excluding carboxylic acids is 1. The lowest BCUT2D eigenvalue weighted by Crippen LogP contribution is -2.35. The Morgan fingerprint density at radius 2 is 1.86 bits per heavy atom. The smallest absolute Gasteiger partial charge is 0.240 e. The fraction of sp³-hybridized carbons (Fsp3) is 0.562. The van der Waals surface area contributed by atoms with E-state index < -0.39 is 10.0 Å². The van der Waals surface area contributed by atoms with Crippen LogP contribution in [0.2, 0.25) is 0 Å². The molecule has 1 aromatic carbocycles. The van der Waals surface area contributed by atoms with Gasteiger partial charge in [-0.15, -0.1) is 0 Å². The maximum absolute atomic E-state index is 12.0. The fourth-order valence-corrected chi connectivity index (χ4v) is 3.42. The second-order valence-corrected chi connectivity index (χ2v) is 7.85. The first-order valence-corrected chi connectivity index (χ1v) is 9.20. The molecule has 1 fully saturated rings. The Bertz CT molecular complexity index is 607. The highest BCUT2D eigenvalue weighted by molar-refractivity contribution is 7.89. The van der Waals surface area contributed by atoms with E-state index >= 15 is 0 Å². The Kier molecular flexibility index (Phi) is 5.58. The van der Waals surface area contributed by atoms with Crippen molar-refractivity contribution in [2.45, 2.75) is 38.0 Å². The number of sulfonamides is 1. The zero-order valence-corrected chi connectivity index (χ0v) is 13.9. The summed E-state index contributed by atoms with van der Waals surface area (Å²) in [5.41, 5.74) is 1.01. The van der Waals surface area contributed by atoms with Gasteiger partial charge in [0.25, 0.3) is 0 Å². The van der Waals surface area contributed by atoms with Crippen molar-refractivity contribution in [3.8, 4) is 0 Å². The molecule has 5 nitrogen and oxygen atoms in total. The van der Waals surface area contributed by atoms with Crippen molar-refractivity contribution >= 4 is 15.9 Å². The zero-order chi connectivity index (χ0) is 16.2. The molecule has 22 heavy (non-hydrogen) atoms. The third-order valence-corrected chi connectivity index (χ3v) is 5.48. The quantitative estimate of drug-likeness (QED) is 0.716. The highest BCUT2D eigenvalue weighted by Crippen LogP contribution is 2.37. The first-order valence-electron chi connectivity index (χ1n) is 7.71. The minimum absolute atomic E-state index is 0.00562. The number of carbonyl (C=O) groups is 1. The molecule has 1 aromatic rings. The number of hydrogen-bond acceptors (Lipinski definition) is 3. The van der Waals surface area contributed by atoms with E-state index in [1.165, 1.54) is 12.8 Å². The molecular formula is C16H24N2O3S. The predicted molar refractivity (Wildman–Crippen MR) is 85.9 cm³/mol. The van der Waals surface area contributed by atoms with Crippen LogP contribution in [0.25, 0.3) is 0 Å². The van der Waals surface area contributed by atoms with Crippen molar-refractivity contribution in [3.63, 3.8) is 0 Å². The number of rotatable bonds is 8. The molecule has 0 aromatic heterocycles.